The molecule has 0 fully saturated rings. The maximum Gasteiger partial charge on any atom is 0.286 e. The van der Waals surface area contributed by atoms with Gasteiger partial charge in [-0.05, 0) is 33.1 Å². The standard InChI is InChI=1S/C19H20N2O4/c1-21(2)9-5-8-20-19(24)16-10-14-15(11-25-16)18(23)13-7-4-3-6-12(13)17(14)22/h3-4,6-7,10H,5,8-9,11H2,1-2H3,(H,20,24). The molecule has 1 N–H and O–H groups in total. The van der Waals surface area contributed by atoms with Crippen LogP contribution in [-0.4, -0.2) is 56.2 Å². The summed E-state index contributed by atoms with van der Waals surface area (Å²) in [5.41, 5.74) is 1.33. The first-order valence-electron chi connectivity index (χ1n) is 8.18. The number of carbonyl (C=O) groups is 3. The number of ether oxygens (including phenoxy) is 1. The summed E-state index contributed by atoms with van der Waals surface area (Å²) in [6, 6.07) is 6.71. The van der Waals surface area contributed by atoms with Crippen LogP contribution in [0.25, 0.3) is 0 Å². The third-order valence-corrected chi connectivity index (χ3v) is 4.20. The molecule has 1 aromatic rings. The third kappa shape index (κ3) is 3.39. The van der Waals surface area contributed by atoms with Crippen molar-refractivity contribution in [2.24, 2.45) is 0 Å². The van der Waals surface area contributed by atoms with Crippen molar-refractivity contribution in [2.45, 2.75) is 6.42 Å². The van der Waals surface area contributed by atoms with Crippen molar-refractivity contribution in [3.63, 3.8) is 0 Å². The van der Waals surface area contributed by atoms with E-state index in [1.165, 1.54) is 6.08 Å². The Kier molecular flexibility index (Phi) is 4.81. The highest BCUT2D eigenvalue weighted by atomic mass is 16.5. The molecule has 25 heavy (non-hydrogen) atoms. The molecule has 1 aliphatic carbocycles. The number of allylic oxidation sites excluding steroid dienone is 2. The maximum atomic E-state index is 12.7. The first-order valence-corrected chi connectivity index (χ1v) is 8.18. The number of Topliss-reactive ketones (excluding diaryl/α,β-unsaturated/α-hetero) is 2. The molecule has 0 bridgehead atoms. The van der Waals surface area contributed by atoms with Gasteiger partial charge in [0.2, 0.25) is 0 Å². The number of hydrogen-bond donors (Lipinski definition) is 1. The average molecular weight is 340 g/mol. The SMILES string of the molecule is CN(C)CCCNC(=O)C1=CC2=C(CO1)C(=O)c1ccccc1C2=O. The second kappa shape index (κ2) is 7.03. The van der Waals surface area contributed by atoms with Gasteiger partial charge in [-0.1, -0.05) is 24.3 Å². The van der Waals surface area contributed by atoms with Gasteiger partial charge in [-0.25, -0.2) is 0 Å². The molecule has 0 radical (unpaired) electrons. The van der Waals surface area contributed by atoms with Crippen LogP contribution in [0.15, 0.2) is 47.2 Å². The molecule has 1 amide bonds. The predicted octanol–water partition coefficient (Wildman–Crippen LogP) is 1.34. The molecule has 6 nitrogen and oxygen atoms in total. The van der Waals surface area contributed by atoms with Gasteiger partial charge in [-0.2, -0.15) is 0 Å². The number of fused-ring (bicyclic) bond motifs is 1. The second-order valence-corrected chi connectivity index (χ2v) is 6.31. The number of nitrogens with one attached hydrogen (secondary N) is 1. The van der Waals surface area contributed by atoms with Gasteiger partial charge in [0, 0.05) is 28.8 Å². The average Bonchev–Trinajstić information content (AvgIpc) is 2.62. The number of hydrogen-bond acceptors (Lipinski definition) is 5. The molecule has 0 saturated heterocycles. The minimum Gasteiger partial charge on any atom is -0.483 e. The molecule has 6 heteroatoms. The Morgan fingerprint density at radius 1 is 1.16 bits per heavy atom. The van der Waals surface area contributed by atoms with E-state index in [2.05, 4.69) is 5.32 Å². The van der Waals surface area contributed by atoms with Crippen LogP contribution < -0.4 is 5.32 Å². The van der Waals surface area contributed by atoms with E-state index in [0.29, 0.717) is 23.2 Å². The van der Waals surface area contributed by atoms with Crippen LogP contribution >= 0.6 is 0 Å². The van der Waals surface area contributed by atoms with E-state index in [0.717, 1.165) is 13.0 Å². The summed E-state index contributed by atoms with van der Waals surface area (Å²) < 4.78 is 5.43. The molecule has 1 aromatic carbocycles. The molecule has 0 spiro atoms. The minimum atomic E-state index is -0.371. The van der Waals surface area contributed by atoms with Crippen LogP contribution in [0.1, 0.15) is 27.1 Å². The summed E-state index contributed by atoms with van der Waals surface area (Å²) in [4.78, 5) is 39.4. The van der Waals surface area contributed by atoms with Crippen molar-refractivity contribution in [1.29, 1.82) is 0 Å². The smallest absolute Gasteiger partial charge is 0.286 e. The van der Waals surface area contributed by atoms with Gasteiger partial charge >= 0.3 is 0 Å². The van der Waals surface area contributed by atoms with Crippen molar-refractivity contribution in [3.05, 3.63) is 58.4 Å². The van der Waals surface area contributed by atoms with Gasteiger partial charge in [0.1, 0.15) is 6.61 Å². The second-order valence-electron chi connectivity index (χ2n) is 6.31. The Labute approximate surface area is 146 Å². The molecule has 1 aliphatic heterocycles. The zero-order valence-corrected chi connectivity index (χ0v) is 14.3. The largest absolute Gasteiger partial charge is 0.483 e. The van der Waals surface area contributed by atoms with Crippen molar-refractivity contribution < 1.29 is 19.1 Å². The van der Waals surface area contributed by atoms with Crippen molar-refractivity contribution >= 4 is 17.5 Å². The Balaban J connectivity index is 1.77. The van der Waals surface area contributed by atoms with Gasteiger partial charge in [-0.3, -0.25) is 14.4 Å². The molecular formula is C19H20N2O4. The number of ketones is 2. The number of benzene rings is 1. The van der Waals surface area contributed by atoms with E-state index in [4.69, 9.17) is 4.74 Å². The first-order chi connectivity index (χ1) is 12.0. The summed E-state index contributed by atoms with van der Waals surface area (Å²) in [5, 5.41) is 2.77. The lowest BCUT2D eigenvalue weighted by atomic mass is 9.83. The van der Waals surface area contributed by atoms with Crippen molar-refractivity contribution in [2.75, 3.05) is 33.8 Å². The first kappa shape index (κ1) is 17.1. The topological polar surface area (TPSA) is 75.7 Å². The van der Waals surface area contributed by atoms with Crippen molar-refractivity contribution in [1.82, 2.24) is 10.2 Å². The molecule has 0 unspecified atom stereocenters. The molecule has 0 atom stereocenters. The fourth-order valence-corrected chi connectivity index (χ4v) is 2.88. The van der Waals surface area contributed by atoms with Gasteiger partial charge in [0.15, 0.2) is 17.3 Å². The molecule has 130 valence electrons. The van der Waals surface area contributed by atoms with Gasteiger partial charge in [0.05, 0.1) is 0 Å². The molecule has 1 heterocycles. The van der Waals surface area contributed by atoms with Crippen LogP contribution in [0, 0.1) is 0 Å². The summed E-state index contributed by atoms with van der Waals surface area (Å²) in [6.45, 7) is 1.31. The predicted molar refractivity (Wildman–Crippen MR) is 92.3 cm³/mol. The summed E-state index contributed by atoms with van der Waals surface area (Å²) in [5.74, 6) is -0.758. The van der Waals surface area contributed by atoms with E-state index in [1.54, 1.807) is 24.3 Å². The van der Waals surface area contributed by atoms with Crippen LogP contribution in [0.4, 0.5) is 0 Å². The molecule has 0 saturated carbocycles. The molecule has 0 aromatic heterocycles. The number of carbonyl (C=O) groups excluding carboxylic acids is 3. The maximum absolute atomic E-state index is 12.7. The van der Waals surface area contributed by atoms with Crippen LogP contribution in [-0.2, 0) is 9.53 Å². The third-order valence-electron chi connectivity index (χ3n) is 4.20. The van der Waals surface area contributed by atoms with Gasteiger partial charge < -0.3 is 15.0 Å². The Hall–Kier alpha value is -2.73. The molecule has 3 rings (SSSR count). The van der Waals surface area contributed by atoms with E-state index < -0.39 is 0 Å². The van der Waals surface area contributed by atoms with E-state index in [9.17, 15) is 14.4 Å². The quantitative estimate of drug-likeness (QED) is 0.819. The fraction of sp³-hybridized carbons (Fsp3) is 0.316. The van der Waals surface area contributed by atoms with Crippen molar-refractivity contribution in [3.8, 4) is 0 Å². The van der Waals surface area contributed by atoms with Crippen LogP contribution in [0.3, 0.4) is 0 Å². The van der Waals surface area contributed by atoms with Gasteiger partial charge in [-0.15, -0.1) is 0 Å². The van der Waals surface area contributed by atoms with Crippen LogP contribution in [0.5, 0.6) is 0 Å². The number of amides is 1. The molecular weight excluding hydrogens is 320 g/mol. The zero-order chi connectivity index (χ0) is 18.0. The van der Waals surface area contributed by atoms with Gasteiger partial charge in [0.25, 0.3) is 5.91 Å². The highest BCUT2D eigenvalue weighted by molar-refractivity contribution is 6.28. The van der Waals surface area contributed by atoms with E-state index in [1.807, 2.05) is 19.0 Å². The number of rotatable bonds is 5. The van der Waals surface area contributed by atoms with Crippen LogP contribution in [0.2, 0.25) is 0 Å². The minimum absolute atomic E-state index is 0.0643. The Bertz CT molecular complexity index is 805. The lowest BCUT2D eigenvalue weighted by Gasteiger charge is -2.24. The lowest BCUT2D eigenvalue weighted by molar-refractivity contribution is -0.120. The highest BCUT2D eigenvalue weighted by Gasteiger charge is 2.34. The fourth-order valence-electron chi connectivity index (χ4n) is 2.88. The Morgan fingerprint density at radius 3 is 2.52 bits per heavy atom. The monoisotopic (exact) mass is 340 g/mol. The van der Waals surface area contributed by atoms with E-state index in [-0.39, 0.29) is 35.4 Å². The van der Waals surface area contributed by atoms with E-state index >= 15 is 0 Å². The molecule has 2 aliphatic rings. The summed E-state index contributed by atoms with van der Waals surface area (Å²) in [7, 11) is 3.93. The zero-order valence-electron chi connectivity index (χ0n) is 14.3. The summed E-state index contributed by atoms with van der Waals surface area (Å²) in [6.07, 6.45) is 2.20. The number of nitrogens with zero attached hydrogens (tertiary/aromatic N) is 1. The summed E-state index contributed by atoms with van der Waals surface area (Å²) >= 11 is 0. The lowest BCUT2D eigenvalue weighted by Crippen LogP contribution is -2.33. The Morgan fingerprint density at radius 2 is 1.84 bits per heavy atom. The highest BCUT2D eigenvalue weighted by Crippen LogP contribution is 2.30. The normalized spacial score (nSPS) is 16.2.